The van der Waals surface area contributed by atoms with E-state index in [9.17, 15) is 4.79 Å². The first-order chi connectivity index (χ1) is 24.6. The SMILES string of the molecule is CC.CC(=O)CCCCCN1/C(=C/C=C2C=C(/C=C/C3=[N+](C)c4ccc5ccccc5c4C3(C)C)CCC/2)C(C)(C)c2c1ccc1ccccc21. The lowest BCUT2D eigenvalue weighted by atomic mass is 9.79. The predicted octanol–water partition coefficient (Wildman–Crippen LogP) is 12.4. The van der Waals surface area contributed by atoms with Crippen LogP contribution in [0.3, 0.4) is 0 Å². The Balaban J connectivity index is 0.00000220. The third kappa shape index (κ3) is 6.93. The van der Waals surface area contributed by atoms with E-state index in [2.05, 4.69) is 147 Å². The summed E-state index contributed by atoms with van der Waals surface area (Å²) in [6, 6.07) is 26.7. The first kappa shape index (κ1) is 36.3. The Morgan fingerprint density at radius 1 is 0.765 bits per heavy atom. The van der Waals surface area contributed by atoms with Crippen LogP contribution < -0.4 is 4.90 Å². The number of rotatable bonds is 9. The molecule has 0 unspecified atom stereocenters. The number of allylic oxidation sites excluding steroid dienone is 8. The fraction of sp³-hybridized carbons (Fsp3) is 0.375. The number of Topliss-reactive ketones (excluding diaryl/α,β-unsaturated/α-hetero) is 1. The molecule has 0 N–H and O–H groups in total. The molecule has 264 valence electrons. The number of carbonyl (C=O) groups is 1. The smallest absolute Gasteiger partial charge is 0.210 e. The van der Waals surface area contributed by atoms with Crippen molar-refractivity contribution >= 4 is 44.4 Å². The number of anilines is 1. The lowest BCUT2D eigenvalue weighted by Gasteiger charge is -2.27. The minimum absolute atomic E-state index is 0.0808. The van der Waals surface area contributed by atoms with Crippen molar-refractivity contribution in [2.24, 2.45) is 0 Å². The molecule has 3 aliphatic rings. The van der Waals surface area contributed by atoms with Crippen molar-refractivity contribution in [3.63, 3.8) is 0 Å². The van der Waals surface area contributed by atoms with Gasteiger partial charge in [-0.15, -0.1) is 0 Å². The van der Waals surface area contributed by atoms with Crippen molar-refractivity contribution in [3.05, 3.63) is 131 Å². The Labute approximate surface area is 306 Å². The minimum Gasteiger partial charge on any atom is -0.344 e. The van der Waals surface area contributed by atoms with E-state index in [1.54, 1.807) is 6.92 Å². The third-order valence-electron chi connectivity index (χ3n) is 11.3. The molecule has 2 heterocycles. The van der Waals surface area contributed by atoms with Gasteiger partial charge in [0.05, 0.1) is 5.41 Å². The Kier molecular flexibility index (Phi) is 10.7. The summed E-state index contributed by atoms with van der Waals surface area (Å²) in [4.78, 5) is 14.1. The normalized spacial score (nSPS) is 19.1. The molecule has 0 saturated carbocycles. The fourth-order valence-electron chi connectivity index (χ4n) is 8.80. The second kappa shape index (κ2) is 15.0. The van der Waals surface area contributed by atoms with Gasteiger partial charge in [-0.3, -0.25) is 0 Å². The molecule has 0 fully saturated rings. The van der Waals surface area contributed by atoms with Gasteiger partial charge < -0.3 is 9.69 Å². The van der Waals surface area contributed by atoms with Crippen LogP contribution in [0.4, 0.5) is 11.4 Å². The molecule has 1 aliphatic carbocycles. The second-order valence-corrected chi connectivity index (χ2v) is 15.4. The Bertz CT molecular complexity index is 2120. The molecular weight excluding hydrogens is 621 g/mol. The lowest BCUT2D eigenvalue weighted by Crippen LogP contribution is -2.27. The van der Waals surface area contributed by atoms with E-state index in [0.29, 0.717) is 6.42 Å². The van der Waals surface area contributed by atoms with Gasteiger partial charge in [-0.1, -0.05) is 107 Å². The third-order valence-corrected chi connectivity index (χ3v) is 11.3. The van der Waals surface area contributed by atoms with E-state index >= 15 is 0 Å². The maximum atomic E-state index is 11.5. The number of benzene rings is 4. The highest BCUT2D eigenvalue weighted by Crippen LogP contribution is 2.51. The summed E-state index contributed by atoms with van der Waals surface area (Å²) < 4.78 is 2.39. The van der Waals surface area contributed by atoms with E-state index in [0.717, 1.165) is 38.6 Å². The molecule has 7 rings (SSSR count). The zero-order valence-electron chi connectivity index (χ0n) is 32.3. The van der Waals surface area contributed by atoms with E-state index in [4.69, 9.17) is 0 Å². The maximum absolute atomic E-state index is 11.5. The molecule has 2 aliphatic heterocycles. The summed E-state index contributed by atoms with van der Waals surface area (Å²) in [6.45, 7) is 16.2. The van der Waals surface area contributed by atoms with Crippen molar-refractivity contribution in [1.29, 1.82) is 0 Å². The highest BCUT2D eigenvalue weighted by molar-refractivity contribution is 6.07. The Hall–Kier alpha value is -4.50. The van der Waals surface area contributed by atoms with Gasteiger partial charge in [-0.2, -0.15) is 4.58 Å². The van der Waals surface area contributed by atoms with Crippen LogP contribution in [0.2, 0.25) is 0 Å². The molecule has 0 spiro atoms. The molecule has 0 aromatic heterocycles. The monoisotopic (exact) mass is 677 g/mol. The van der Waals surface area contributed by atoms with Crippen LogP contribution in [0.15, 0.2) is 120 Å². The molecule has 0 atom stereocenters. The number of carbonyl (C=O) groups excluding carboxylic acids is 1. The number of fused-ring (bicyclic) bond motifs is 6. The number of unbranched alkanes of at least 4 members (excludes halogenated alkanes) is 2. The Morgan fingerprint density at radius 2 is 1.43 bits per heavy atom. The zero-order chi connectivity index (χ0) is 36.3. The maximum Gasteiger partial charge on any atom is 0.210 e. The molecule has 0 bridgehead atoms. The molecule has 51 heavy (non-hydrogen) atoms. The van der Waals surface area contributed by atoms with Crippen molar-refractivity contribution < 1.29 is 9.37 Å². The summed E-state index contributed by atoms with van der Waals surface area (Å²) in [5.74, 6) is 0.289. The average Bonchev–Trinajstić information content (AvgIpc) is 3.47. The van der Waals surface area contributed by atoms with Crippen LogP contribution in [-0.2, 0) is 15.6 Å². The molecule has 0 radical (unpaired) electrons. The van der Waals surface area contributed by atoms with Crippen molar-refractivity contribution in [1.82, 2.24) is 0 Å². The average molecular weight is 678 g/mol. The quantitative estimate of drug-likeness (QED) is 0.130. The fourth-order valence-corrected chi connectivity index (χ4v) is 8.80. The first-order valence-electron chi connectivity index (χ1n) is 19.3. The van der Waals surface area contributed by atoms with E-state index in [-0.39, 0.29) is 16.6 Å². The summed E-state index contributed by atoms with van der Waals surface area (Å²) in [7, 11) is 2.22. The van der Waals surface area contributed by atoms with Crippen molar-refractivity contribution in [3.8, 4) is 0 Å². The topological polar surface area (TPSA) is 23.3 Å². The van der Waals surface area contributed by atoms with Crippen molar-refractivity contribution in [2.45, 2.75) is 104 Å². The summed E-state index contributed by atoms with van der Waals surface area (Å²) in [5, 5.41) is 5.30. The first-order valence-corrected chi connectivity index (χ1v) is 19.3. The van der Waals surface area contributed by atoms with Gasteiger partial charge in [-0.25, -0.2) is 0 Å². The van der Waals surface area contributed by atoms with Gasteiger partial charge in [0.2, 0.25) is 5.69 Å². The molecule has 0 saturated heterocycles. The Morgan fingerprint density at radius 3 is 2.14 bits per heavy atom. The number of hydrogen-bond acceptors (Lipinski definition) is 2. The standard InChI is InChI=1S/C46H51N2O.C2H6/c1-32(49)15-8-7-13-30-48-40-27-25-36-19-10-12-21-38(36)44(40)46(4,5)42(48)29-23-34-17-14-16-33(31-34)22-28-41-45(2,3)43-37-20-11-9-18-35(37)24-26-39(43)47(41)6;1-2/h9-12,18-29,31H,7-8,13-17,30H2,1-6H3;1-2H3/q+1;. The van der Waals surface area contributed by atoms with Crippen LogP contribution >= 0.6 is 0 Å². The van der Waals surface area contributed by atoms with Crippen molar-refractivity contribution in [2.75, 3.05) is 18.5 Å². The summed E-state index contributed by atoms with van der Waals surface area (Å²) in [5.41, 5.74) is 10.8. The van der Waals surface area contributed by atoms with Crippen LogP contribution in [0, 0.1) is 0 Å². The van der Waals surface area contributed by atoms with Gasteiger partial charge in [0.25, 0.3) is 0 Å². The van der Waals surface area contributed by atoms with Crippen LogP contribution in [0.25, 0.3) is 21.5 Å². The lowest BCUT2D eigenvalue weighted by molar-refractivity contribution is -0.401. The molecule has 4 aromatic carbocycles. The summed E-state index contributed by atoms with van der Waals surface area (Å²) in [6.07, 6.45) is 19.1. The van der Waals surface area contributed by atoms with Gasteiger partial charge in [0.1, 0.15) is 12.8 Å². The van der Waals surface area contributed by atoms with Crippen LogP contribution in [0.5, 0.6) is 0 Å². The molecule has 3 heteroatoms. The van der Waals surface area contributed by atoms with Crippen LogP contribution in [-0.4, -0.2) is 29.7 Å². The second-order valence-electron chi connectivity index (χ2n) is 15.4. The zero-order valence-corrected chi connectivity index (χ0v) is 32.3. The molecule has 4 aromatic rings. The predicted molar refractivity (Wildman–Crippen MR) is 220 cm³/mol. The van der Waals surface area contributed by atoms with Gasteiger partial charge >= 0.3 is 0 Å². The van der Waals surface area contributed by atoms with Gasteiger partial charge in [-0.05, 0) is 109 Å². The molecule has 0 amide bonds. The number of nitrogens with zero attached hydrogens (tertiary/aromatic N) is 2. The van der Waals surface area contributed by atoms with E-state index in [1.807, 2.05) is 13.8 Å². The number of ketones is 1. The van der Waals surface area contributed by atoms with E-state index in [1.165, 1.54) is 73.0 Å². The highest BCUT2D eigenvalue weighted by atomic mass is 16.1. The van der Waals surface area contributed by atoms with Crippen LogP contribution in [0.1, 0.15) is 105 Å². The highest BCUT2D eigenvalue weighted by Gasteiger charge is 2.44. The van der Waals surface area contributed by atoms with E-state index < -0.39 is 0 Å². The number of hydrogen-bond donors (Lipinski definition) is 0. The largest absolute Gasteiger partial charge is 0.344 e. The minimum atomic E-state index is -0.123. The molecule has 3 nitrogen and oxygen atoms in total. The van der Waals surface area contributed by atoms with Gasteiger partial charge in [0, 0.05) is 47.5 Å². The van der Waals surface area contributed by atoms with Gasteiger partial charge in [0.15, 0.2) is 5.71 Å². The molecular formula is C48H57N2O+. The summed E-state index contributed by atoms with van der Waals surface area (Å²) >= 11 is 0.